The number of nitrogens with one attached hydrogen (secondary N) is 1. The third-order valence-corrected chi connectivity index (χ3v) is 4.82. The number of hydrogen-bond donors (Lipinski definition) is 1. The molecule has 0 saturated heterocycles. The number of nitrogens with zero attached hydrogens (tertiary/aromatic N) is 1. The average molecular weight is 276 g/mol. The maximum Gasteiger partial charge on any atom is 0.123 e. The van der Waals surface area contributed by atoms with Crippen LogP contribution >= 0.6 is 11.3 Å². The van der Waals surface area contributed by atoms with Crippen LogP contribution in [0.3, 0.4) is 0 Å². The molecule has 100 valence electrons. The molecule has 1 N–H and O–H groups in total. The molecule has 0 amide bonds. The molecule has 0 fully saturated rings. The molecule has 0 saturated carbocycles. The molecule has 1 atom stereocenters. The van der Waals surface area contributed by atoms with Crippen LogP contribution in [0.5, 0.6) is 0 Å². The van der Waals surface area contributed by atoms with E-state index in [1.165, 1.54) is 35.5 Å². The van der Waals surface area contributed by atoms with Gasteiger partial charge >= 0.3 is 0 Å². The van der Waals surface area contributed by atoms with Crippen molar-refractivity contribution in [3.8, 4) is 0 Å². The van der Waals surface area contributed by atoms with E-state index in [4.69, 9.17) is 4.98 Å². The van der Waals surface area contributed by atoms with E-state index >= 15 is 0 Å². The fourth-order valence-corrected chi connectivity index (χ4v) is 3.89. The summed E-state index contributed by atoms with van der Waals surface area (Å²) < 4.78 is 12.9. The highest BCUT2D eigenvalue weighted by atomic mass is 32.1. The topological polar surface area (TPSA) is 24.9 Å². The number of benzene rings is 1. The van der Waals surface area contributed by atoms with Crippen molar-refractivity contribution in [2.24, 2.45) is 0 Å². The van der Waals surface area contributed by atoms with E-state index in [2.05, 4.69) is 5.32 Å². The van der Waals surface area contributed by atoms with Crippen LogP contribution in [0.4, 0.5) is 4.39 Å². The molecule has 1 aromatic carbocycles. The summed E-state index contributed by atoms with van der Waals surface area (Å²) in [6, 6.07) is 7.16. The molecule has 2 nitrogen and oxygen atoms in total. The zero-order chi connectivity index (χ0) is 13.2. The van der Waals surface area contributed by atoms with Gasteiger partial charge in [-0.3, -0.25) is 0 Å². The maximum absolute atomic E-state index is 12.9. The van der Waals surface area contributed by atoms with Crippen molar-refractivity contribution in [3.05, 3.63) is 51.2 Å². The first-order valence-electron chi connectivity index (χ1n) is 6.66. The van der Waals surface area contributed by atoms with Gasteiger partial charge in [0.2, 0.25) is 0 Å². The highest BCUT2D eigenvalue weighted by Crippen LogP contribution is 2.34. The zero-order valence-electron chi connectivity index (χ0n) is 10.9. The number of halogens is 1. The lowest BCUT2D eigenvalue weighted by atomic mass is 9.98. The molecule has 0 aliphatic heterocycles. The standard InChI is InChI=1S/C15H17FN2S/c1-17-12-3-2-4-13-15(12)19-14(18-13)9-10-5-7-11(16)8-6-10/h5-8,12,17H,2-4,9H2,1H3. The Morgan fingerprint density at radius 3 is 2.89 bits per heavy atom. The maximum atomic E-state index is 12.9. The smallest absolute Gasteiger partial charge is 0.123 e. The minimum atomic E-state index is -0.183. The van der Waals surface area contributed by atoms with Gasteiger partial charge < -0.3 is 5.32 Å². The van der Waals surface area contributed by atoms with Gasteiger partial charge in [-0.1, -0.05) is 12.1 Å². The monoisotopic (exact) mass is 276 g/mol. The normalized spacial score (nSPS) is 18.3. The van der Waals surface area contributed by atoms with Crippen molar-refractivity contribution >= 4 is 11.3 Å². The Bertz CT molecular complexity index is 562. The van der Waals surface area contributed by atoms with Crippen molar-refractivity contribution in [2.75, 3.05) is 7.05 Å². The zero-order valence-corrected chi connectivity index (χ0v) is 11.8. The first-order chi connectivity index (χ1) is 9.26. The average Bonchev–Trinajstić information content (AvgIpc) is 2.83. The summed E-state index contributed by atoms with van der Waals surface area (Å²) in [5.41, 5.74) is 2.38. The number of hydrogen-bond acceptors (Lipinski definition) is 3. The largest absolute Gasteiger partial charge is 0.312 e. The van der Waals surface area contributed by atoms with Gasteiger partial charge in [-0.15, -0.1) is 11.3 Å². The highest BCUT2D eigenvalue weighted by molar-refractivity contribution is 7.11. The van der Waals surface area contributed by atoms with Gasteiger partial charge in [-0.25, -0.2) is 9.37 Å². The molecule has 1 aliphatic rings. The van der Waals surface area contributed by atoms with E-state index < -0.39 is 0 Å². The van der Waals surface area contributed by atoms with Crippen LogP contribution in [-0.2, 0) is 12.8 Å². The highest BCUT2D eigenvalue weighted by Gasteiger charge is 2.23. The molecule has 1 aliphatic carbocycles. The SMILES string of the molecule is CNC1CCCc2nc(Cc3ccc(F)cc3)sc21. The Kier molecular flexibility index (Phi) is 3.62. The number of fused-ring (bicyclic) bond motifs is 1. The van der Waals surface area contributed by atoms with E-state index in [-0.39, 0.29) is 5.82 Å². The number of aryl methyl sites for hydroxylation is 1. The van der Waals surface area contributed by atoms with Crippen LogP contribution < -0.4 is 5.32 Å². The molecule has 1 unspecified atom stereocenters. The summed E-state index contributed by atoms with van der Waals surface area (Å²) in [6.07, 6.45) is 4.29. The summed E-state index contributed by atoms with van der Waals surface area (Å²) in [4.78, 5) is 6.15. The van der Waals surface area contributed by atoms with Crippen LogP contribution in [0.15, 0.2) is 24.3 Å². The molecule has 1 heterocycles. The minimum Gasteiger partial charge on any atom is -0.312 e. The number of aromatic nitrogens is 1. The van der Waals surface area contributed by atoms with Crippen LogP contribution in [0, 0.1) is 5.82 Å². The number of rotatable bonds is 3. The van der Waals surface area contributed by atoms with Crippen LogP contribution in [-0.4, -0.2) is 12.0 Å². The van der Waals surface area contributed by atoms with Crippen molar-refractivity contribution in [1.82, 2.24) is 10.3 Å². The van der Waals surface area contributed by atoms with Crippen molar-refractivity contribution in [3.63, 3.8) is 0 Å². The second kappa shape index (κ2) is 5.39. The van der Waals surface area contributed by atoms with E-state index in [1.54, 1.807) is 11.3 Å². The Labute approximate surface area is 116 Å². The molecule has 3 rings (SSSR count). The van der Waals surface area contributed by atoms with Gasteiger partial charge in [0.25, 0.3) is 0 Å². The van der Waals surface area contributed by atoms with Gasteiger partial charge in [0, 0.05) is 17.3 Å². The number of thiazole rings is 1. The fraction of sp³-hybridized carbons (Fsp3) is 0.400. The Balaban J connectivity index is 1.82. The molecule has 4 heteroatoms. The molecule has 1 aromatic heterocycles. The molecular formula is C15H17FN2S. The predicted molar refractivity (Wildman–Crippen MR) is 76.1 cm³/mol. The van der Waals surface area contributed by atoms with Crippen LogP contribution in [0.2, 0.25) is 0 Å². The molecule has 2 aromatic rings. The van der Waals surface area contributed by atoms with Crippen LogP contribution in [0.1, 0.15) is 40.0 Å². The Morgan fingerprint density at radius 1 is 1.37 bits per heavy atom. The van der Waals surface area contributed by atoms with Gasteiger partial charge in [0.05, 0.1) is 10.7 Å². The molecule has 0 radical (unpaired) electrons. The molecular weight excluding hydrogens is 259 g/mol. The first-order valence-corrected chi connectivity index (χ1v) is 7.48. The molecule has 19 heavy (non-hydrogen) atoms. The second-order valence-corrected chi connectivity index (χ2v) is 6.07. The Morgan fingerprint density at radius 2 is 2.16 bits per heavy atom. The van der Waals surface area contributed by atoms with Crippen molar-refractivity contribution in [2.45, 2.75) is 31.7 Å². The quantitative estimate of drug-likeness (QED) is 0.928. The summed E-state index contributed by atoms with van der Waals surface area (Å²) in [6.45, 7) is 0. The summed E-state index contributed by atoms with van der Waals surface area (Å²) in [5.74, 6) is -0.183. The first kappa shape index (κ1) is 12.8. The second-order valence-electron chi connectivity index (χ2n) is 4.96. The van der Waals surface area contributed by atoms with Gasteiger partial charge in [0.15, 0.2) is 0 Å². The van der Waals surface area contributed by atoms with Gasteiger partial charge in [-0.2, -0.15) is 0 Å². The summed E-state index contributed by atoms with van der Waals surface area (Å²) in [7, 11) is 2.01. The Hall–Kier alpha value is -1.26. The van der Waals surface area contributed by atoms with E-state index in [1.807, 2.05) is 19.2 Å². The minimum absolute atomic E-state index is 0.183. The lowest BCUT2D eigenvalue weighted by molar-refractivity contribution is 0.501. The van der Waals surface area contributed by atoms with E-state index in [9.17, 15) is 4.39 Å². The van der Waals surface area contributed by atoms with Gasteiger partial charge in [-0.05, 0) is 44.0 Å². The van der Waals surface area contributed by atoms with E-state index in [0.717, 1.165) is 23.4 Å². The van der Waals surface area contributed by atoms with Gasteiger partial charge in [0.1, 0.15) is 5.82 Å². The van der Waals surface area contributed by atoms with Crippen molar-refractivity contribution in [1.29, 1.82) is 0 Å². The lowest BCUT2D eigenvalue weighted by Gasteiger charge is -2.20. The van der Waals surface area contributed by atoms with Crippen LogP contribution in [0.25, 0.3) is 0 Å². The summed E-state index contributed by atoms with van der Waals surface area (Å²) in [5, 5.41) is 4.50. The summed E-state index contributed by atoms with van der Waals surface area (Å²) >= 11 is 1.80. The lowest BCUT2D eigenvalue weighted by Crippen LogP contribution is -2.19. The molecule has 0 bridgehead atoms. The third-order valence-electron chi connectivity index (χ3n) is 3.61. The molecule has 0 spiro atoms. The fourth-order valence-electron chi connectivity index (χ4n) is 2.60. The van der Waals surface area contributed by atoms with Crippen molar-refractivity contribution < 1.29 is 4.39 Å². The third kappa shape index (κ3) is 2.69. The predicted octanol–water partition coefficient (Wildman–Crippen LogP) is 3.47. The van der Waals surface area contributed by atoms with E-state index in [0.29, 0.717) is 6.04 Å².